The van der Waals surface area contributed by atoms with Crippen LogP contribution in [-0.2, 0) is 13.6 Å². The molecule has 0 amide bonds. The van der Waals surface area contributed by atoms with Gasteiger partial charge in [0.25, 0.3) is 0 Å². The number of nitrogens with two attached hydrogens (primary N) is 1. The van der Waals surface area contributed by atoms with Crippen molar-refractivity contribution in [1.29, 1.82) is 0 Å². The lowest BCUT2D eigenvalue weighted by atomic mass is 10.1. The highest BCUT2D eigenvalue weighted by atomic mass is 16.1. The lowest BCUT2D eigenvalue weighted by Gasteiger charge is -2.27. The molecule has 0 unspecified atom stereocenters. The van der Waals surface area contributed by atoms with E-state index in [9.17, 15) is 4.79 Å². The molecule has 5 heterocycles. The molecule has 5 aromatic rings. The molecule has 0 saturated carbocycles. The Morgan fingerprint density at radius 3 is 2.54 bits per heavy atom. The Balaban J connectivity index is 1.47. The van der Waals surface area contributed by atoms with Crippen LogP contribution in [0, 0.1) is 0 Å². The van der Waals surface area contributed by atoms with Crippen molar-refractivity contribution in [3.05, 3.63) is 89.0 Å². The van der Waals surface area contributed by atoms with E-state index in [0.29, 0.717) is 17.3 Å². The summed E-state index contributed by atoms with van der Waals surface area (Å²) in [5.74, 6) is 1.09. The van der Waals surface area contributed by atoms with Gasteiger partial charge in [-0.05, 0) is 48.0 Å². The van der Waals surface area contributed by atoms with E-state index >= 15 is 0 Å². The van der Waals surface area contributed by atoms with Crippen LogP contribution in [0.1, 0.15) is 5.56 Å². The summed E-state index contributed by atoms with van der Waals surface area (Å²) in [5, 5.41) is 3.40. The second-order valence-electron chi connectivity index (χ2n) is 9.31. The molecule has 1 aromatic carbocycles. The minimum absolute atomic E-state index is 0.0647. The number of benzene rings is 1. The van der Waals surface area contributed by atoms with Gasteiger partial charge in [0.05, 0.1) is 11.3 Å². The number of nitrogens with one attached hydrogen (secondary N) is 1. The highest BCUT2D eigenvalue weighted by molar-refractivity contribution is 5.84. The minimum atomic E-state index is -0.0647. The number of rotatable bonds is 5. The van der Waals surface area contributed by atoms with Crippen LogP contribution in [0.2, 0.25) is 0 Å². The SMILES string of the molecule is Cn1cc(-c2ccc3nc(-c4cccnc4N)n(-c4ccc(CN5CCNCC5)cc4)c3n2)ccc1=O. The van der Waals surface area contributed by atoms with E-state index in [2.05, 4.69) is 39.5 Å². The Kier molecular flexibility index (Phi) is 5.99. The van der Waals surface area contributed by atoms with Gasteiger partial charge in [0.2, 0.25) is 5.56 Å². The smallest absolute Gasteiger partial charge is 0.250 e. The van der Waals surface area contributed by atoms with Crippen molar-refractivity contribution in [3.8, 4) is 28.3 Å². The highest BCUT2D eigenvalue weighted by Crippen LogP contribution is 2.31. The molecule has 9 heteroatoms. The molecule has 37 heavy (non-hydrogen) atoms. The standard InChI is InChI=1S/C28H28N8O/c1-34-18-20(6-11-25(34)37)23-9-10-24-28(32-23)36(27(33-24)22-3-2-12-31-26(22)29)21-7-4-19(5-8-21)17-35-15-13-30-14-16-35/h2-12,18,30H,13-17H2,1H3,(H2,29,31). The molecule has 4 aromatic heterocycles. The number of nitrogens with zero attached hydrogens (tertiary/aromatic N) is 6. The van der Waals surface area contributed by atoms with E-state index in [-0.39, 0.29) is 5.56 Å². The van der Waals surface area contributed by atoms with Gasteiger partial charge < -0.3 is 15.6 Å². The number of hydrogen-bond acceptors (Lipinski definition) is 7. The van der Waals surface area contributed by atoms with Crippen molar-refractivity contribution in [2.24, 2.45) is 7.05 Å². The van der Waals surface area contributed by atoms with Crippen LogP contribution in [0.15, 0.2) is 77.9 Å². The normalized spacial score (nSPS) is 14.3. The number of aryl methyl sites for hydroxylation is 1. The molecular weight excluding hydrogens is 464 g/mol. The molecular formula is C28H28N8O. The molecule has 1 fully saturated rings. The molecule has 0 aliphatic carbocycles. The second-order valence-corrected chi connectivity index (χ2v) is 9.31. The van der Waals surface area contributed by atoms with E-state index in [1.54, 1.807) is 36.1 Å². The number of fused-ring (bicyclic) bond motifs is 1. The molecule has 6 rings (SSSR count). The summed E-state index contributed by atoms with van der Waals surface area (Å²) in [6.07, 6.45) is 3.47. The second kappa shape index (κ2) is 9.61. The number of imidazole rings is 1. The van der Waals surface area contributed by atoms with Crippen molar-refractivity contribution in [1.82, 2.24) is 34.3 Å². The van der Waals surface area contributed by atoms with Crippen molar-refractivity contribution in [2.75, 3.05) is 31.9 Å². The van der Waals surface area contributed by atoms with Gasteiger partial charge in [-0.1, -0.05) is 12.1 Å². The predicted octanol–water partition coefficient (Wildman–Crippen LogP) is 2.84. The average molecular weight is 493 g/mol. The van der Waals surface area contributed by atoms with Gasteiger partial charge >= 0.3 is 0 Å². The minimum Gasteiger partial charge on any atom is -0.383 e. The van der Waals surface area contributed by atoms with Crippen LogP contribution in [0.3, 0.4) is 0 Å². The number of pyridine rings is 3. The molecule has 0 radical (unpaired) electrons. The molecule has 0 bridgehead atoms. The zero-order valence-corrected chi connectivity index (χ0v) is 20.6. The number of piperazine rings is 1. The van der Waals surface area contributed by atoms with Gasteiger partial charge in [-0.3, -0.25) is 14.3 Å². The van der Waals surface area contributed by atoms with Gasteiger partial charge in [-0.2, -0.15) is 0 Å². The Labute approximate surface area is 214 Å². The van der Waals surface area contributed by atoms with Gasteiger partial charge in [0.15, 0.2) is 11.5 Å². The molecule has 1 saturated heterocycles. The lowest BCUT2D eigenvalue weighted by Crippen LogP contribution is -2.42. The lowest BCUT2D eigenvalue weighted by molar-refractivity contribution is 0.233. The fourth-order valence-corrected chi connectivity index (χ4v) is 4.77. The third kappa shape index (κ3) is 4.50. The average Bonchev–Trinajstić information content (AvgIpc) is 3.30. The first-order valence-electron chi connectivity index (χ1n) is 12.4. The summed E-state index contributed by atoms with van der Waals surface area (Å²) in [6, 6.07) is 19.5. The van der Waals surface area contributed by atoms with E-state index < -0.39 is 0 Å². The van der Waals surface area contributed by atoms with Crippen molar-refractivity contribution in [3.63, 3.8) is 0 Å². The van der Waals surface area contributed by atoms with Crippen LogP contribution < -0.4 is 16.6 Å². The van der Waals surface area contributed by atoms with E-state index in [1.165, 1.54) is 5.56 Å². The summed E-state index contributed by atoms with van der Waals surface area (Å²) in [7, 11) is 1.74. The largest absolute Gasteiger partial charge is 0.383 e. The molecule has 1 aliphatic heterocycles. The predicted molar refractivity (Wildman–Crippen MR) is 145 cm³/mol. The molecule has 3 N–H and O–H groups in total. The first-order chi connectivity index (χ1) is 18.1. The molecule has 1 aliphatic rings. The number of anilines is 1. The summed E-state index contributed by atoms with van der Waals surface area (Å²) in [5.41, 5.74) is 12.2. The zero-order valence-electron chi connectivity index (χ0n) is 20.6. The Morgan fingerprint density at radius 1 is 0.973 bits per heavy atom. The summed E-state index contributed by atoms with van der Waals surface area (Å²) < 4.78 is 3.58. The van der Waals surface area contributed by atoms with Crippen LogP contribution in [-0.4, -0.2) is 55.2 Å². The number of hydrogen-bond donors (Lipinski definition) is 2. The fourth-order valence-electron chi connectivity index (χ4n) is 4.77. The summed E-state index contributed by atoms with van der Waals surface area (Å²) in [4.78, 5) is 28.6. The Morgan fingerprint density at radius 2 is 1.78 bits per heavy atom. The molecule has 0 spiro atoms. The quantitative estimate of drug-likeness (QED) is 0.389. The Bertz CT molecular complexity index is 1630. The van der Waals surface area contributed by atoms with E-state index in [0.717, 1.165) is 60.7 Å². The van der Waals surface area contributed by atoms with Crippen LogP contribution in [0.5, 0.6) is 0 Å². The maximum Gasteiger partial charge on any atom is 0.250 e. The third-order valence-corrected chi connectivity index (χ3v) is 6.78. The van der Waals surface area contributed by atoms with Crippen LogP contribution in [0.4, 0.5) is 5.82 Å². The monoisotopic (exact) mass is 492 g/mol. The van der Waals surface area contributed by atoms with E-state index in [4.69, 9.17) is 15.7 Å². The zero-order chi connectivity index (χ0) is 25.4. The maximum atomic E-state index is 11.9. The van der Waals surface area contributed by atoms with Gasteiger partial charge in [0, 0.05) is 69.5 Å². The van der Waals surface area contributed by atoms with Crippen LogP contribution in [0.25, 0.3) is 39.5 Å². The maximum absolute atomic E-state index is 11.9. The number of nitrogen functional groups attached to an aromatic ring is 1. The van der Waals surface area contributed by atoms with Crippen molar-refractivity contribution < 1.29 is 0 Å². The fraction of sp³-hybridized carbons (Fsp3) is 0.214. The van der Waals surface area contributed by atoms with Gasteiger partial charge in [0.1, 0.15) is 11.3 Å². The first-order valence-corrected chi connectivity index (χ1v) is 12.4. The highest BCUT2D eigenvalue weighted by Gasteiger charge is 2.19. The summed E-state index contributed by atoms with van der Waals surface area (Å²) >= 11 is 0. The van der Waals surface area contributed by atoms with Crippen molar-refractivity contribution >= 4 is 17.0 Å². The van der Waals surface area contributed by atoms with Crippen molar-refractivity contribution in [2.45, 2.75) is 6.54 Å². The van der Waals surface area contributed by atoms with Crippen LogP contribution >= 0.6 is 0 Å². The summed E-state index contributed by atoms with van der Waals surface area (Å²) in [6.45, 7) is 5.08. The van der Waals surface area contributed by atoms with Gasteiger partial charge in [-0.25, -0.2) is 15.0 Å². The molecule has 9 nitrogen and oxygen atoms in total. The van der Waals surface area contributed by atoms with E-state index in [1.807, 2.05) is 28.8 Å². The third-order valence-electron chi connectivity index (χ3n) is 6.78. The number of aromatic nitrogens is 5. The Hall–Kier alpha value is -4.34. The topological polar surface area (TPSA) is 107 Å². The molecule has 0 atom stereocenters. The first kappa shape index (κ1) is 23.1. The van der Waals surface area contributed by atoms with Gasteiger partial charge in [-0.15, -0.1) is 0 Å². The molecule has 186 valence electrons.